The molecule has 0 amide bonds. The summed E-state index contributed by atoms with van der Waals surface area (Å²) < 4.78 is 5.48. The number of nitrogens with zero attached hydrogens (tertiary/aromatic N) is 1. The quantitative estimate of drug-likeness (QED) is 0.747. The van der Waals surface area contributed by atoms with Crippen LogP contribution in [-0.2, 0) is 11.3 Å². The number of carboxylic acids is 1. The van der Waals surface area contributed by atoms with Gasteiger partial charge < -0.3 is 9.84 Å². The summed E-state index contributed by atoms with van der Waals surface area (Å²) in [7, 11) is 0. The molecule has 0 saturated heterocycles. The van der Waals surface area contributed by atoms with Crippen LogP contribution in [0.2, 0.25) is 0 Å². The largest absolute Gasteiger partial charge is 0.477 e. The first kappa shape index (κ1) is 11.1. The number of carbonyl (C=O) groups is 1. The third kappa shape index (κ3) is 3.31. The molecular formula is C12H15NO3. The molecule has 1 aliphatic carbocycles. The van der Waals surface area contributed by atoms with Crippen LogP contribution in [-0.4, -0.2) is 22.7 Å². The van der Waals surface area contributed by atoms with E-state index in [1.165, 1.54) is 19.0 Å². The molecule has 1 saturated carbocycles. The summed E-state index contributed by atoms with van der Waals surface area (Å²) in [5, 5.41) is 8.76. The summed E-state index contributed by atoms with van der Waals surface area (Å²) in [6.45, 7) is 1.23. The van der Waals surface area contributed by atoms with E-state index in [9.17, 15) is 4.79 Å². The van der Waals surface area contributed by atoms with Crippen molar-refractivity contribution in [3.8, 4) is 0 Å². The third-order valence-corrected chi connectivity index (χ3v) is 2.68. The maximum Gasteiger partial charge on any atom is 0.354 e. The molecule has 86 valence electrons. The highest BCUT2D eigenvalue weighted by molar-refractivity contribution is 5.85. The Hall–Kier alpha value is -1.42. The number of aromatic nitrogens is 1. The Morgan fingerprint density at radius 1 is 1.56 bits per heavy atom. The van der Waals surface area contributed by atoms with Crippen LogP contribution in [0.15, 0.2) is 18.3 Å². The first-order valence-corrected chi connectivity index (χ1v) is 5.51. The van der Waals surface area contributed by atoms with E-state index in [4.69, 9.17) is 9.84 Å². The predicted molar refractivity (Wildman–Crippen MR) is 58.2 cm³/mol. The van der Waals surface area contributed by atoms with Gasteiger partial charge >= 0.3 is 5.97 Å². The molecule has 16 heavy (non-hydrogen) atoms. The molecule has 1 aliphatic rings. The van der Waals surface area contributed by atoms with Gasteiger partial charge in [0, 0.05) is 12.8 Å². The topological polar surface area (TPSA) is 59.4 Å². The SMILES string of the molecule is O=C(O)c1cc(COCCC2CC2)ccn1. The number of aromatic carboxylic acids is 1. The Balaban J connectivity index is 1.78. The minimum absolute atomic E-state index is 0.0725. The second-order valence-electron chi connectivity index (χ2n) is 4.14. The average molecular weight is 221 g/mol. The Kier molecular flexibility index (Phi) is 3.51. The Bertz CT molecular complexity index is 374. The average Bonchev–Trinajstić information content (AvgIpc) is 3.09. The van der Waals surface area contributed by atoms with E-state index in [1.54, 1.807) is 12.1 Å². The molecule has 1 aromatic rings. The normalized spacial score (nSPS) is 15.0. The lowest BCUT2D eigenvalue weighted by atomic mass is 10.2. The molecule has 4 nitrogen and oxygen atoms in total. The van der Waals surface area contributed by atoms with E-state index in [2.05, 4.69) is 4.98 Å². The van der Waals surface area contributed by atoms with Crippen LogP contribution in [0.1, 0.15) is 35.3 Å². The van der Waals surface area contributed by atoms with Crippen LogP contribution in [0.4, 0.5) is 0 Å². The maximum absolute atomic E-state index is 10.7. The second-order valence-corrected chi connectivity index (χ2v) is 4.14. The van der Waals surface area contributed by atoms with Gasteiger partial charge in [0.15, 0.2) is 0 Å². The van der Waals surface area contributed by atoms with Crippen LogP contribution in [0.3, 0.4) is 0 Å². The van der Waals surface area contributed by atoms with E-state index in [1.807, 2.05) is 0 Å². The van der Waals surface area contributed by atoms with Gasteiger partial charge in [-0.1, -0.05) is 12.8 Å². The van der Waals surface area contributed by atoms with Crippen molar-refractivity contribution in [2.45, 2.75) is 25.9 Å². The van der Waals surface area contributed by atoms with Gasteiger partial charge in [-0.3, -0.25) is 0 Å². The van der Waals surface area contributed by atoms with Gasteiger partial charge in [-0.05, 0) is 30.0 Å². The minimum Gasteiger partial charge on any atom is -0.477 e. The van der Waals surface area contributed by atoms with Crippen molar-refractivity contribution in [1.82, 2.24) is 4.98 Å². The zero-order valence-electron chi connectivity index (χ0n) is 9.06. The Morgan fingerprint density at radius 2 is 2.38 bits per heavy atom. The molecule has 0 radical (unpaired) electrons. The molecule has 0 spiro atoms. The van der Waals surface area contributed by atoms with Crippen LogP contribution < -0.4 is 0 Å². The third-order valence-electron chi connectivity index (χ3n) is 2.68. The molecule has 1 aromatic heterocycles. The number of hydrogen-bond donors (Lipinski definition) is 1. The molecule has 4 heteroatoms. The van der Waals surface area contributed by atoms with Crippen LogP contribution >= 0.6 is 0 Å². The summed E-state index contributed by atoms with van der Waals surface area (Å²) in [6.07, 6.45) is 5.30. The molecule has 0 unspecified atom stereocenters. The smallest absolute Gasteiger partial charge is 0.354 e. The fourth-order valence-corrected chi connectivity index (χ4v) is 1.53. The number of ether oxygens (including phenoxy) is 1. The number of rotatable bonds is 6. The highest BCUT2D eigenvalue weighted by atomic mass is 16.5. The van der Waals surface area contributed by atoms with E-state index >= 15 is 0 Å². The van der Waals surface area contributed by atoms with Crippen molar-refractivity contribution in [3.05, 3.63) is 29.6 Å². The summed E-state index contributed by atoms with van der Waals surface area (Å²) in [6, 6.07) is 3.34. The van der Waals surface area contributed by atoms with Crippen molar-refractivity contribution in [2.24, 2.45) is 5.92 Å². The molecule has 1 N–H and O–H groups in total. The van der Waals surface area contributed by atoms with Gasteiger partial charge in [0.25, 0.3) is 0 Å². The number of hydrogen-bond acceptors (Lipinski definition) is 3. The van der Waals surface area contributed by atoms with Gasteiger partial charge in [-0.2, -0.15) is 0 Å². The van der Waals surface area contributed by atoms with Crippen molar-refractivity contribution >= 4 is 5.97 Å². The predicted octanol–water partition coefficient (Wildman–Crippen LogP) is 2.10. The molecule has 0 bridgehead atoms. The fraction of sp³-hybridized carbons (Fsp3) is 0.500. The lowest BCUT2D eigenvalue weighted by Gasteiger charge is -2.04. The molecule has 0 aromatic carbocycles. The van der Waals surface area contributed by atoms with Gasteiger partial charge in [0.05, 0.1) is 6.61 Å². The highest BCUT2D eigenvalue weighted by Gasteiger charge is 2.20. The van der Waals surface area contributed by atoms with Crippen LogP contribution in [0, 0.1) is 5.92 Å². The Morgan fingerprint density at radius 3 is 3.06 bits per heavy atom. The lowest BCUT2D eigenvalue weighted by molar-refractivity contribution is 0.0689. The molecule has 0 atom stereocenters. The molecule has 2 rings (SSSR count). The standard InChI is InChI=1S/C12H15NO3/c14-12(15)11-7-10(3-5-13-11)8-16-6-4-9-1-2-9/h3,5,7,9H,1-2,4,6,8H2,(H,14,15). The lowest BCUT2D eigenvalue weighted by Crippen LogP contribution is -2.02. The van der Waals surface area contributed by atoms with Crippen LogP contribution in [0.25, 0.3) is 0 Å². The maximum atomic E-state index is 10.7. The van der Waals surface area contributed by atoms with Gasteiger partial charge in [0.2, 0.25) is 0 Å². The van der Waals surface area contributed by atoms with Crippen molar-refractivity contribution in [2.75, 3.05) is 6.61 Å². The van der Waals surface area contributed by atoms with Crippen molar-refractivity contribution in [3.63, 3.8) is 0 Å². The highest BCUT2D eigenvalue weighted by Crippen LogP contribution is 2.32. The van der Waals surface area contributed by atoms with Gasteiger partial charge in [-0.25, -0.2) is 9.78 Å². The fourth-order valence-electron chi connectivity index (χ4n) is 1.53. The first-order chi connectivity index (χ1) is 7.75. The zero-order chi connectivity index (χ0) is 11.4. The van der Waals surface area contributed by atoms with Crippen molar-refractivity contribution in [1.29, 1.82) is 0 Å². The van der Waals surface area contributed by atoms with E-state index < -0.39 is 5.97 Å². The molecule has 1 heterocycles. The van der Waals surface area contributed by atoms with Crippen LogP contribution in [0.5, 0.6) is 0 Å². The molecular weight excluding hydrogens is 206 g/mol. The summed E-state index contributed by atoms with van der Waals surface area (Å²) in [5.74, 6) is -0.133. The Labute approximate surface area is 94.3 Å². The van der Waals surface area contributed by atoms with Crippen molar-refractivity contribution < 1.29 is 14.6 Å². The van der Waals surface area contributed by atoms with E-state index in [-0.39, 0.29) is 5.69 Å². The summed E-state index contributed by atoms with van der Waals surface area (Å²) in [5.41, 5.74) is 0.937. The van der Waals surface area contributed by atoms with Gasteiger partial charge in [0.1, 0.15) is 5.69 Å². The molecule has 1 fully saturated rings. The van der Waals surface area contributed by atoms with E-state index in [0.717, 1.165) is 24.5 Å². The molecule has 0 aliphatic heterocycles. The number of pyridine rings is 1. The zero-order valence-corrected chi connectivity index (χ0v) is 9.06. The monoisotopic (exact) mass is 221 g/mol. The van der Waals surface area contributed by atoms with Gasteiger partial charge in [-0.15, -0.1) is 0 Å². The number of carboxylic acid groups (broad SMARTS) is 1. The summed E-state index contributed by atoms with van der Waals surface area (Å²) >= 11 is 0. The minimum atomic E-state index is -1.00. The summed E-state index contributed by atoms with van der Waals surface area (Å²) in [4.78, 5) is 14.4. The second kappa shape index (κ2) is 5.07. The van der Waals surface area contributed by atoms with E-state index in [0.29, 0.717) is 6.61 Å². The first-order valence-electron chi connectivity index (χ1n) is 5.51.